The van der Waals surface area contributed by atoms with E-state index in [2.05, 4.69) is 0 Å². The van der Waals surface area contributed by atoms with E-state index in [1.165, 1.54) is 0 Å². The van der Waals surface area contributed by atoms with Crippen LogP contribution in [-0.4, -0.2) is 90.1 Å². The van der Waals surface area contributed by atoms with Gasteiger partial charge in [-0.05, 0) is 19.1 Å². The van der Waals surface area contributed by atoms with Crippen LogP contribution in [0.3, 0.4) is 0 Å². The Kier molecular flexibility index (Phi) is 6.62. The molecule has 3 saturated heterocycles. The van der Waals surface area contributed by atoms with Gasteiger partial charge in [-0.25, -0.2) is 0 Å². The second-order valence-electron chi connectivity index (χ2n) is 8.39. The highest BCUT2D eigenvalue weighted by molar-refractivity contribution is 6.04. The van der Waals surface area contributed by atoms with Crippen molar-refractivity contribution in [2.24, 2.45) is 5.92 Å². The lowest BCUT2D eigenvalue weighted by Gasteiger charge is -2.36. The molecule has 10 heteroatoms. The number of carbonyl (C=O) groups excluding carboxylic acids is 5. The molecule has 10 nitrogen and oxygen atoms in total. The van der Waals surface area contributed by atoms with E-state index in [-0.39, 0.29) is 55.3 Å². The molecule has 176 valence electrons. The number of amides is 5. The van der Waals surface area contributed by atoms with Crippen LogP contribution in [0.5, 0.6) is 5.75 Å². The fraction of sp³-hybridized carbons (Fsp3) is 0.522. The monoisotopic (exact) mass is 456 g/mol. The molecule has 3 heterocycles. The van der Waals surface area contributed by atoms with Gasteiger partial charge in [0.25, 0.3) is 0 Å². The van der Waals surface area contributed by atoms with Gasteiger partial charge in [0.1, 0.15) is 12.3 Å². The van der Waals surface area contributed by atoms with E-state index in [9.17, 15) is 24.0 Å². The molecule has 3 aliphatic heterocycles. The van der Waals surface area contributed by atoms with Gasteiger partial charge < -0.3 is 19.4 Å². The smallest absolute Gasteiger partial charge is 0.242 e. The van der Waals surface area contributed by atoms with Crippen molar-refractivity contribution >= 4 is 35.2 Å². The molecule has 0 saturated carbocycles. The van der Waals surface area contributed by atoms with Gasteiger partial charge in [-0.1, -0.05) is 12.1 Å². The number of rotatable bonds is 6. The third kappa shape index (κ3) is 4.69. The molecule has 33 heavy (non-hydrogen) atoms. The standard InChI is InChI=1S/C23H28N4O6/c1-2-33-18-6-4-3-5-17(18)26-14-16(13-21(26)30)23(32)25-11-9-24(10-12-25)22(31)15-27-19(28)7-8-20(27)29/h3-6,16H,2,7-15H2,1H3. The van der Waals surface area contributed by atoms with Crippen LogP contribution in [0.1, 0.15) is 26.2 Å². The number of anilines is 1. The maximum absolute atomic E-state index is 13.1. The third-order valence-electron chi connectivity index (χ3n) is 6.32. The Morgan fingerprint density at radius 1 is 0.939 bits per heavy atom. The minimum atomic E-state index is -0.450. The lowest BCUT2D eigenvalue weighted by atomic mass is 10.1. The summed E-state index contributed by atoms with van der Waals surface area (Å²) in [6.07, 6.45) is 0.443. The van der Waals surface area contributed by atoms with E-state index in [4.69, 9.17) is 4.74 Å². The highest BCUT2D eigenvalue weighted by Gasteiger charge is 2.39. The van der Waals surface area contributed by atoms with Crippen molar-refractivity contribution in [1.29, 1.82) is 0 Å². The molecular weight excluding hydrogens is 428 g/mol. The maximum Gasteiger partial charge on any atom is 0.242 e. The van der Waals surface area contributed by atoms with Gasteiger partial charge in [0, 0.05) is 52.0 Å². The van der Waals surface area contributed by atoms with Crippen LogP contribution < -0.4 is 9.64 Å². The number of nitrogens with zero attached hydrogens (tertiary/aromatic N) is 4. The van der Waals surface area contributed by atoms with Crippen molar-refractivity contribution in [3.05, 3.63) is 24.3 Å². The Bertz CT molecular complexity index is 955. The normalized spacial score (nSPS) is 21.2. The zero-order valence-electron chi connectivity index (χ0n) is 18.7. The molecule has 0 bridgehead atoms. The molecule has 0 radical (unpaired) electrons. The van der Waals surface area contributed by atoms with Crippen molar-refractivity contribution in [2.75, 3.05) is 50.8 Å². The molecule has 0 spiro atoms. The van der Waals surface area contributed by atoms with E-state index in [1.54, 1.807) is 20.8 Å². The fourth-order valence-electron chi connectivity index (χ4n) is 4.53. The average Bonchev–Trinajstić information content (AvgIpc) is 3.36. The minimum absolute atomic E-state index is 0.100. The van der Waals surface area contributed by atoms with Gasteiger partial charge in [0.05, 0.1) is 18.2 Å². The van der Waals surface area contributed by atoms with E-state index in [0.717, 1.165) is 4.90 Å². The Morgan fingerprint density at radius 2 is 1.58 bits per heavy atom. The van der Waals surface area contributed by atoms with Crippen LogP contribution >= 0.6 is 0 Å². The lowest BCUT2D eigenvalue weighted by Crippen LogP contribution is -2.54. The molecule has 3 aliphatic rings. The van der Waals surface area contributed by atoms with Crippen LogP contribution in [0, 0.1) is 5.92 Å². The van der Waals surface area contributed by atoms with Gasteiger partial charge >= 0.3 is 0 Å². The number of likely N-dealkylation sites (tertiary alicyclic amines) is 1. The predicted octanol–water partition coefficient (Wildman–Crippen LogP) is 0.258. The number of ether oxygens (including phenoxy) is 1. The molecule has 0 aliphatic carbocycles. The first kappa shape index (κ1) is 22.8. The zero-order chi connectivity index (χ0) is 23.5. The van der Waals surface area contributed by atoms with Crippen molar-refractivity contribution in [1.82, 2.24) is 14.7 Å². The second kappa shape index (κ2) is 9.60. The first-order chi connectivity index (χ1) is 15.9. The number of piperazine rings is 1. The maximum atomic E-state index is 13.1. The van der Waals surface area contributed by atoms with Crippen molar-refractivity contribution < 1.29 is 28.7 Å². The lowest BCUT2D eigenvalue weighted by molar-refractivity contribution is -0.147. The first-order valence-electron chi connectivity index (χ1n) is 11.3. The van der Waals surface area contributed by atoms with Crippen LogP contribution in [0.4, 0.5) is 5.69 Å². The van der Waals surface area contributed by atoms with Gasteiger partial charge in [0.15, 0.2) is 0 Å². The van der Waals surface area contributed by atoms with Gasteiger partial charge in [-0.2, -0.15) is 0 Å². The summed E-state index contributed by atoms with van der Waals surface area (Å²) < 4.78 is 5.63. The molecular formula is C23H28N4O6. The topological polar surface area (TPSA) is 108 Å². The van der Waals surface area contributed by atoms with Gasteiger partial charge in [0.2, 0.25) is 29.5 Å². The van der Waals surface area contributed by atoms with Crippen molar-refractivity contribution in [3.8, 4) is 5.75 Å². The van der Waals surface area contributed by atoms with Gasteiger partial charge in [-0.15, -0.1) is 0 Å². The Balaban J connectivity index is 1.32. The number of hydrogen-bond donors (Lipinski definition) is 0. The average molecular weight is 456 g/mol. The molecule has 1 unspecified atom stereocenters. The largest absolute Gasteiger partial charge is 0.492 e. The van der Waals surface area contributed by atoms with Gasteiger partial charge in [-0.3, -0.25) is 28.9 Å². The van der Waals surface area contributed by atoms with Crippen LogP contribution in [0.15, 0.2) is 24.3 Å². The Hall–Kier alpha value is -3.43. The molecule has 4 rings (SSSR count). The molecule has 5 amide bonds. The minimum Gasteiger partial charge on any atom is -0.492 e. The first-order valence-corrected chi connectivity index (χ1v) is 11.3. The second-order valence-corrected chi connectivity index (χ2v) is 8.39. The molecule has 0 N–H and O–H groups in total. The SMILES string of the molecule is CCOc1ccccc1N1CC(C(=O)N2CCN(C(=O)CN3C(=O)CCC3=O)CC2)CC1=O. The number of imide groups is 1. The molecule has 1 aromatic carbocycles. The van der Waals surface area contributed by atoms with Crippen LogP contribution in [-0.2, 0) is 24.0 Å². The van der Waals surface area contributed by atoms with E-state index in [1.807, 2.05) is 25.1 Å². The van der Waals surface area contributed by atoms with Crippen molar-refractivity contribution in [3.63, 3.8) is 0 Å². The molecule has 1 aromatic rings. The summed E-state index contributed by atoms with van der Waals surface area (Å²) in [7, 11) is 0. The highest BCUT2D eigenvalue weighted by atomic mass is 16.5. The van der Waals surface area contributed by atoms with E-state index >= 15 is 0 Å². The summed E-state index contributed by atoms with van der Waals surface area (Å²) in [4.78, 5) is 67.7. The highest BCUT2D eigenvalue weighted by Crippen LogP contribution is 2.33. The van der Waals surface area contributed by atoms with E-state index < -0.39 is 5.92 Å². The Morgan fingerprint density at radius 3 is 2.24 bits per heavy atom. The Labute approximate surface area is 192 Å². The quantitative estimate of drug-likeness (QED) is 0.569. The molecule has 0 aromatic heterocycles. The number of carbonyl (C=O) groups is 5. The summed E-state index contributed by atoms with van der Waals surface area (Å²) in [5.74, 6) is -0.976. The summed E-state index contributed by atoms with van der Waals surface area (Å²) in [6.45, 7) is 3.78. The van der Waals surface area contributed by atoms with Crippen molar-refractivity contribution in [2.45, 2.75) is 26.2 Å². The summed E-state index contributed by atoms with van der Waals surface area (Å²) in [6, 6.07) is 7.30. The molecule has 1 atom stereocenters. The number of hydrogen-bond acceptors (Lipinski definition) is 6. The predicted molar refractivity (Wildman–Crippen MR) is 117 cm³/mol. The zero-order valence-corrected chi connectivity index (χ0v) is 18.7. The molecule has 3 fully saturated rings. The fourth-order valence-corrected chi connectivity index (χ4v) is 4.53. The number of benzene rings is 1. The summed E-state index contributed by atoms with van der Waals surface area (Å²) in [5, 5.41) is 0. The van der Waals surface area contributed by atoms with E-state index in [0.29, 0.717) is 50.8 Å². The summed E-state index contributed by atoms with van der Waals surface area (Å²) >= 11 is 0. The number of para-hydroxylation sites is 2. The van der Waals surface area contributed by atoms with Crippen LogP contribution in [0.2, 0.25) is 0 Å². The third-order valence-corrected chi connectivity index (χ3v) is 6.32. The van der Waals surface area contributed by atoms with Crippen LogP contribution in [0.25, 0.3) is 0 Å². The summed E-state index contributed by atoms with van der Waals surface area (Å²) in [5.41, 5.74) is 0.668.